The second kappa shape index (κ2) is 13.4. The average Bonchev–Trinajstić information content (AvgIpc) is 3.48. The van der Waals surface area contributed by atoms with E-state index in [2.05, 4.69) is 10.3 Å². The highest BCUT2D eigenvalue weighted by Crippen LogP contribution is 2.35. The number of H-pyrrole nitrogens is 1. The third-order valence-corrected chi connectivity index (χ3v) is 6.62. The summed E-state index contributed by atoms with van der Waals surface area (Å²) in [5.41, 5.74) is -2.22. The number of aryl methyl sites for hydroxylation is 1. The van der Waals surface area contributed by atoms with E-state index in [9.17, 15) is 33.6 Å². The third kappa shape index (κ3) is 8.43. The minimum atomic E-state index is -1.43. The molecule has 2 aliphatic heterocycles. The van der Waals surface area contributed by atoms with E-state index in [-0.39, 0.29) is 12.1 Å². The van der Waals surface area contributed by atoms with Crippen LogP contribution in [-0.2, 0) is 42.9 Å². The number of aromatic nitrogens is 2. The number of aromatic amines is 1. The molecule has 0 unspecified atom stereocenters. The van der Waals surface area contributed by atoms with Gasteiger partial charge in [-0.25, -0.2) is 9.59 Å². The van der Waals surface area contributed by atoms with Gasteiger partial charge in [0.25, 0.3) is 5.56 Å². The summed E-state index contributed by atoms with van der Waals surface area (Å²) in [6, 6.07) is -2.16. The molecular weight excluding hydrogens is 572 g/mol. The maximum Gasteiger partial charge on any atom is 0.410 e. The Morgan fingerprint density at radius 3 is 2.26 bits per heavy atom. The number of rotatable bonds is 8. The molecule has 2 saturated heterocycles. The van der Waals surface area contributed by atoms with Crippen LogP contribution < -0.4 is 16.6 Å². The molecule has 0 radical (unpaired) electrons. The Morgan fingerprint density at radius 2 is 1.67 bits per heavy atom. The standard InChI is InChI=1S/C27H38N4O12/c1-13-11-31(25(37)29-22(13)35)24-21(41-16(4)34)20(40-15(3)33)19(42-24)17(12-39-14(2)32)28-23(36)18-9-8-10-30(18)26(38)43-27(5,6)7/h11,17-21,24H,8-10,12H2,1-7H3,(H,28,36)(H,29,35,37)/t17-,18-,19-,20-,21-,24-/m1/s1. The fourth-order valence-electron chi connectivity index (χ4n) is 4.91. The quantitative estimate of drug-likeness (QED) is 0.296. The zero-order chi connectivity index (χ0) is 32.2. The first kappa shape index (κ1) is 33.3. The van der Waals surface area contributed by atoms with Crippen molar-refractivity contribution in [2.24, 2.45) is 0 Å². The Balaban J connectivity index is 2.01. The number of likely N-dealkylation sites (tertiary alicyclic amines) is 1. The molecule has 3 rings (SSSR count). The van der Waals surface area contributed by atoms with Crippen molar-refractivity contribution in [2.75, 3.05) is 13.2 Å². The summed E-state index contributed by atoms with van der Waals surface area (Å²) in [4.78, 5) is 90.6. The van der Waals surface area contributed by atoms with Gasteiger partial charge in [0.15, 0.2) is 18.4 Å². The Morgan fingerprint density at radius 1 is 1.05 bits per heavy atom. The maximum atomic E-state index is 13.6. The summed E-state index contributed by atoms with van der Waals surface area (Å²) >= 11 is 0. The second-order valence-corrected chi connectivity index (χ2v) is 11.4. The van der Waals surface area contributed by atoms with Crippen molar-refractivity contribution in [1.29, 1.82) is 0 Å². The molecule has 16 heteroatoms. The lowest BCUT2D eigenvalue weighted by Crippen LogP contribution is -2.56. The van der Waals surface area contributed by atoms with Crippen LogP contribution in [0.2, 0.25) is 0 Å². The van der Waals surface area contributed by atoms with Crippen LogP contribution >= 0.6 is 0 Å². The highest BCUT2D eigenvalue weighted by atomic mass is 16.6. The monoisotopic (exact) mass is 610 g/mol. The lowest BCUT2D eigenvalue weighted by molar-refractivity contribution is -0.166. The second-order valence-electron chi connectivity index (χ2n) is 11.4. The van der Waals surface area contributed by atoms with Crippen molar-refractivity contribution >= 4 is 29.9 Å². The summed E-state index contributed by atoms with van der Waals surface area (Å²) in [7, 11) is 0. The van der Waals surface area contributed by atoms with Crippen LogP contribution in [0.25, 0.3) is 0 Å². The topological polar surface area (TPSA) is 202 Å². The van der Waals surface area contributed by atoms with Crippen LogP contribution in [0.4, 0.5) is 4.79 Å². The van der Waals surface area contributed by atoms with E-state index in [4.69, 9.17) is 23.7 Å². The van der Waals surface area contributed by atoms with Gasteiger partial charge < -0.3 is 29.0 Å². The number of carbonyl (C=O) groups excluding carboxylic acids is 5. The Kier molecular flexibility index (Phi) is 10.4. The van der Waals surface area contributed by atoms with Gasteiger partial charge in [-0.3, -0.25) is 38.4 Å². The van der Waals surface area contributed by atoms with E-state index < -0.39 is 90.0 Å². The largest absolute Gasteiger partial charge is 0.464 e. The number of nitrogens with zero attached hydrogens (tertiary/aromatic N) is 2. The minimum Gasteiger partial charge on any atom is -0.464 e. The lowest BCUT2D eigenvalue weighted by Gasteiger charge is -2.31. The van der Waals surface area contributed by atoms with E-state index in [1.54, 1.807) is 20.8 Å². The van der Waals surface area contributed by atoms with Gasteiger partial charge in [-0.05, 0) is 40.5 Å². The first-order valence-electron chi connectivity index (χ1n) is 13.7. The molecule has 0 bridgehead atoms. The maximum absolute atomic E-state index is 13.6. The van der Waals surface area contributed by atoms with Crippen molar-refractivity contribution in [1.82, 2.24) is 19.8 Å². The minimum absolute atomic E-state index is 0.130. The number of nitrogens with one attached hydrogen (secondary N) is 2. The van der Waals surface area contributed by atoms with Crippen LogP contribution in [0.1, 0.15) is 66.2 Å². The van der Waals surface area contributed by atoms with Gasteiger partial charge in [0.05, 0.1) is 6.04 Å². The number of esters is 3. The Bertz CT molecular complexity index is 1360. The van der Waals surface area contributed by atoms with Crippen LogP contribution in [0.15, 0.2) is 15.8 Å². The summed E-state index contributed by atoms with van der Waals surface area (Å²) < 4.78 is 28.6. The smallest absolute Gasteiger partial charge is 0.410 e. The van der Waals surface area contributed by atoms with Crippen molar-refractivity contribution in [3.8, 4) is 0 Å². The molecule has 1 aromatic rings. The first-order valence-corrected chi connectivity index (χ1v) is 13.7. The molecule has 1 aromatic heterocycles. The number of ether oxygens (including phenoxy) is 5. The Hall–Kier alpha value is -4.21. The summed E-state index contributed by atoms with van der Waals surface area (Å²) in [6.07, 6.45) is -4.25. The first-order chi connectivity index (χ1) is 20.0. The fraction of sp³-hybridized carbons (Fsp3) is 0.667. The van der Waals surface area contributed by atoms with Crippen LogP contribution in [0, 0.1) is 6.92 Å². The third-order valence-electron chi connectivity index (χ3n) is 6.62. The number of hydrogen-bond donors (Lipinski definition) is 2. The van der Waals surface area contributed by atoms with Crippen LogP contribution in [0.3, 0.4) is 0 Å². The van der Waals surface area contributed by atoms with Gasteiger partial charge in [0.1, 0.15) is 24.4 Å². The van der Waals surface area contributed by atoms with Crippen molar-refractivity contribution < 1.29 is 47.7 Å². The normalized spacial score (nSPS) is 24.2. The Labute approximate surface area is 246 Å². The average molecular weight is 611 g/mol. The van der Waals surface area contributed by atoms with Gasteiger partial charge >= 0.3 is 29.7 Å². The number of carbonyl (C=O) groups is 5. The number of amides is 2. The van der Waals surface area contributed by atoms with E-state index in [0.717, 1.165) is 25.3 Å². The molecule has 3 heterocycles. The van der Waals surface area contributed by atoms with Gasteiger partial charge in [0, 0.05) is 39.1 Å². The molecule has 2 N–H and O–H groups in total. The molecule has 2 aliphatic rings. The van der Waals surface area contributed by atoms with E-state index in [0.29, 0.717) is 12.8 Å². The van der Waals surface area contributed by atoms with Gasteiger partial charge in [-0.15, -0.1) is 0 Å². The molecule has 0 spiro atoms. The molecular formula is C27H38N4O12. The molecule has 43 heavy (non-hydrogen) atoms. The van der Waals surface area contributed by atoms with E-state index in [1.807, 2.05) is 0 Å². The van der Waals surface area contributed by atoms with Gasteiger partial charge in [0.2, 0.25) is 5.91 Å². The van der Waals surface area contributed by atoms with E-state index in [1.165, 1.54) is 18.0 Å². The molecule has 2 fully saturated rings. The highest BCUT2D eigenvalue weighted by molar-refractivity contribution is 5.86. The highest BCUT2D eigenvalue weighted by Gasteiger charge is 2.54. The van der Waals surface area contributed by atoms with Crippen LogP contribution in [0.5, 0.6) is 0 Å². The van der Waals surface area contributed by atoms with Gasteiger partial charge in [-0.2, -0.15) is 0 Å². The predicted octanol–water partition coefficient (Wildman–Crippen LogP) is 0.0532. The zero-order valence-corrected chi connectivity index (χ0v) is 25.2. The SMILES string of the molecule is CC(=O)OC[C@@H](NC(=O)[C@H]1CCCN1C(=O)OC(C)(C)C)[C@H]1O[C@@H](n2cc(C)c(=O)[nH]c2=O)[C@H](OC(C)=O)[C@@H]1OC(C)=O. The molecule has 16 nitrogen and oxygen atoms in total. The summed E-state index contributed by atoms with van der Waals surface area (Å²) in [5, 5.41) is 2.72. The predicted molar refractivity (Wildman–Crippen MR) is 146 cm³/mol. The molecule has 238 valence electrons. The zero-order valence-electron chi connectivity index (χ0n) is 25.2. The van der Waals surface area contributed by atoms with Crippen molar-refractivity contribution in [3.05, 3.63) is 32.6 Å². The molecule has 2 amide bonds. The molecule has 6 atom stereocenters. The number of hydrogen-bond acceptors (Lipinski definition) is 12. The summed E-state index contributed by atoms with van der Waals surface area (Å²) in [5.74, 6) is -2.93. The van der Waals surface area contributed by atoms with Crippen LogP contribution in [-0.4, -0.2) is 93.5 Å². The van der Waals surface area contributed by atoms with Gasteiger partial charge in [-0.1, -0.05) is 0 Å². The summed E-state index contributed by atoms with van der Waals surface area (Å²) in [6.45, 7) is 9.67. The molecule has 0 aromatic carbocycles. The van der Waals surface area contributed by atoms with Crippen molar-refractivity contribution in [3.63, 3.8) is 0 Å². The molecule has 0 aliphatic carbocycles. The fourth-order valence-corrected chi connectivity index (χ4v) is 4.91. The lowest BCUT2D eigenvalue weighted by atomic mass is 10.0. The van der Waals surface area contributed by atoms with Crippen molar-refractivity contribution in [2.45, 2.75) is 104 Å². The van der Waals surface area contributed by atoms with E-state index >= 15 is 0 Å². The molecule has 0 saturated carbocycles.